The molecule has 4 heteroatoms. The molecule has 0 saturated carbocycles. The minimum Gasteiger partial charge on any atom is -0.287 e. The lowest BCUT2D eigenvalue weighted by molar-refractivity contribution is 0.104. The van der Waals surface area contributed by atoms with Crippen LogP contribution in [0.1, 0.15) is 15.2 Å². The molecule has 1 aromatic heterocycles. The maximum absolute atomic E-state index is 12.0. The Labute approximate surface area is 117 Å². The van der Waals surface area contributed by atoms with Crippen LogP contribution in [0.4, 0.5) is 0 Å². The summed E-state index contributed by atoms with van der Waals surface area (Å²) in [4.78, 5) is 12.6. The Kier molecular flexibility index (Phi) is 4.08. The molecule has 18 heavy (non-hydrogen) atoms. The molecular formula is C14H8BrNOS. The van der Waals surface area contributed by atoms with Gasteiger partial charge < -0.3 is 0 Å². The average molecular weight is 318 g/mol. The van der Waals surface area contributed by atoms with Crippen LogP contribution >= 0.6 is 27.3 Å². The van der Waals surface area contributed by atoms with E-state index in [9.17, 15) is 4.79 Å². The molecule has 2 aromatic rings. The number of halogens is 1. The summed E-state index contributed by atoms with van der Waals surface area (Å²) >= 11 is 4.69. The molecule has 0 atom stereocenters. The third-order valence-electron chi connectivity index (χ3n) is 2.27. The SMILES string of the molecule is N#C/C(=C\c1cccc(Br)c1)C(=O)c1cccs1. The molecule has 0 aliphatic heterocycles. The van der Waals surface area contributed by atoms with E-state index in [4.69, 9.17) is 5.26 Å². The Morgan fingerprint density at radius 2 is 2.17 bits per heavy atom. The van der Waals surface area contributed by atoms with Crippen LogP contribution in [0, 0.1) is 11.3 Å². The highest BCUT2D eigenvalue weighted by Gasteiger charge is 2.12. The second kappa shape index (κ2) is 5.76. The van der Waals surface area contributed by atoms with E-state index in [-0.39, 0.29) is 11.4 Å². The van der Waals surface area contributed by atoms with Gasteiger partial charge in [-0.05, 0) is 35.2 Å². The first-order valence-electron chi connectivity index (χ1n) is 5.16. The Balaban J connectivity index is 2.35. The number of ketones is 1. The summed E-state index contributed by atoms with van der Waals surface area (Å²) in [6, 6.07) is 12.9. The van der Waals surface area contributed by atoms with E-state index >= 15 is 0 Å². The van der Waals surface area contributed by atoms with Crippen LogP contribution in [-0.4, -0.2) is 5.78 Å². The molecule has 0 fully saturated rings. The number of nitrogens with zero attached hydrogens (tertiary/aromatic N) is 1. The average Bonchev–Trinajstić information content (AvgIpc) is 2.89. The molecular weight excluding hydrogens is 310 g/mol. The summed E-state index contributed by atoms with van der Waals surface area (Å²) in [6.45, 7) is 0. The van der Waals surface area contributed by atoms with Gasteiger partial charge in [0.25, 0.3) is 0 Å². The van der Waals surface area contributed by atoms with Gasteiger partial charge in [-0.1, -0.05) is 34.1 Å². The van der Waals surface area contributed by atoms with Gasteiger partial charge in [-0.3, -0.25) is 4.79 Å². The van der Waals surface area contributed by atoms with E-state index in [1.807, 2.05) is 35.7 Å². The number of rotatable bonds is 3. The molecule has 88 valence electrons. The lowest BCUT2D eigenvalue weighted by atomic mass is 10.1. The van der Waals surface area contributed by atoms with Crippen molar-refractivity contribution in [2.75, 3.05) is 0 Å². The topological polar surface area (TPSA) is 40.9 Å². The van der Waals surface area contributed by atoms with E-state index in [0.29, 0.717) is 4.88 Å². The monoisotopic (exact) mass is 317 g/mol. The molecule has 0 spiro atoms. The third-order valence-corrected chi connectivity index (χ3v) is 3.63. The second-order valence-electron chi connectivity index (χ2n) is 3.53. The number of thiophene rings is 1. The van der Waals surface area contributed by atoms with Crippen LogP contribution in [0.25, 0.3) is 6.08 Å². The minimum atomic E-state index is -0.229. The van der Waals surface area contributed by atoms with E-state index in [1.54, 1.807) is 18.2 Å². The van der Waals surface area contributed by atoms with Crippen molar-refractivity contribution in [2.24, 2.45) is 0 Å². The maximum atomic E-state index is 12.0. The molecule has 0 unspecified atom stereocenters. The molecule has 2 rings (SSSR count). The van der Waals surface area contributed by atoms with Crippen LogP contribution in [0.5, 0.6) is 0 Å². The summed E-state index contributed by atoms with van der Waals surface area (Å²) in [5.41, 5.74) is 0.974. The van der Waals surface area contributed by atoms with E-state index in [0.717, 1.165) is 10.0 Å². The summed E-state index contributed by atoms with van der Waals surface area (Å²) in [7, 11) is 0. The predicted octanol–water partition coefficient (Wildman–Crippen LogP) is 4.30. The van der Waals surface area contributed by atoms with Crippen molar-refractivity contribution >= 4 is 39.1 Å². The molecule has 0 aliphatic rings. The normalized spacial score (nSPS) is 11.0. The first kappa shape index (κ1) is 12.7. The quantitative estimate of drug-likeness (QED) is 0.481. The fourth-order valence-electron chi connectivity index (χ4n) is 1.45. The van der Waals surface area contributed by atoms with Crippen molar-refractivity contribution in [3.05, 3.63) is 62.3 Å². The van der Waals surface area contributed by atoms with Gasteiger partial charge in [-0.25, -0.2) is 0 Å². The first-order chi connectivity index (χ1) is 8.70. The highest BCUT2D eigenvalue weighted by Crippen LogP contribution is 2.18. The van der Waals surface area contributed by atoms with Crippen molar-refractivity contribution in [1.29, 1.82) is 5.26 Å². The summed E-state index contributed by atoms with van der Waals surface area (Å²) in [5.74, 6) is -0.229. The van der Waals surface area contributed by atoms with Crippen molar-refractivity contribution in [3.63, 3.8) is 0 Å². The summed E-state index contributed by atoms with van der Waals surface area (Å²) in [6.07, 6.45) is 1.60. The molecule has 0 N–H and O–H groups in total. The number of benzene rings is 1. The van der Waals surface area contributed by atoms with Crippen LogP contribution < -0.4 is 0 Å². The van der Waals surface area contributed by atoms with Crippen molar-refractivity contribution < 1.29 is 4.79 Å². The van der Waals surface area contributed by atoms with E-state index in [1.165, 1.54) is 11.3 Å². The number of carbonyl (C=O) groups excluding carboxylic acids is 1. The molecule has 0 amide bonds. The van der Waals surface area contributed by atoms with Crippen molar-refractivity contribution in [3.8, 4) is 6.07 Å². The van der Waals surface area contributed by atoms with Crippen molar-refractivity contribution in [1.82, 2.24) is 0 Å². The zero-order valence-corrected chi connectivity index (χ0v) is 11.7. The van der Waals surface area contributed by atoms with E-state index < -0.39 is 0 Å². The number of Topliss-reactive ketones (excluding diaryl/α,β-unsaturated/α-hetero) is 1. The largest absolute Gasteiger partial charge is 0.287 e. The second-order valence-corrected chi connectivity index (χ2v) is 5.39. The fraction of sp³-hybridized carbons (Fsp3) is 0. The summed E-state index contributed by atoms with van der Waals surface area (Å²) < 4.78 is 0.914. The van der Waals surface area contributed by atoms with E-state index in [2.05, 4.69) is 15.9 Å². The molecule has 0 radical (unpaired) electrons. The first-order valence-corrected chi connectivity index (χ1v) is 6.83. The number of hydrogen-bond acceptors (Lipinski definition) is 3. The van der Waals surface area contributed by atoms with Crippen LogP contribution in [0.15, 0.2) is 51.8 Å². The number of allylic oxidation sites excluding steroid dienone is 1. The predicted molar refractivity (Wildman–Crippen MR) is 76.4 cm³/mol. The zero-order valence-electron chi connectivity index (χ0n) is 9.26. The van der Waals surface area contributed by atoms with Gasteiger partial charge in [0.05, 0.1) is 4.88 Å². The zero-order chi connectivity index (χ0) is 13.0. The lowest BCUT2D eigenvalue weighted by Gasteiger charge is -1.97. The van der Waals surface area contributed by atoms with Crippen LogP contribution in [-0.2, 0) is 0 Å². The molecule has 1 aromatic carbocycles. The van der Waals surface area contributed by atoms with Gasteiger partial charge in [0, 0.05) is 4.47 Å². The van der Waals surface area contributed by atoms with Gasteiger partial charge in [-0.2, -0.15) is 5.26 Å². The number of carbonyl (C=O) groups is 1. The Morgan fingerprint density at radius 1 is 1.33 bits per heavy atom. The standard InChI is InChI=1S/C14H8BrNOS/c15-12-4-1-3-10(8-12)7-11(9-16)14(17)13-5-2-6-18-13/h1-8H/b11-7+. The van der Waals surface area contributed by atoms with Gasteiger partial charge >= 0.3 is 0 Å². The molecule has 0 aliphatic carbocycles. The minimum absolute atomic E-state index is 0.149. The Morgan fingerprint density at radius 3 is 2.78 bits per heavy atom. The number of nitriles is 1. The third kappa shape index (κ3) is 2.95. The molecule has 0 saturated heterocycles. The van der Waals surface area contributed by atoms with Crippen molar-refractivity contribution in [2.45, 2.75) is 0 Å². The summed E-state index contributed by atoms with van der Waals surface area (Å²) in [5, 5.41) is 10.9. The molecule has 0 bridgehead atoms. The van der Waals surface area contributed by atoms with Crippen LogP contribution in [0.3, 0.4) is 0 Å². The smallest absolute Gasteiger partial charge is 0.213 e. The highest BCUT2D eigenvalue weighted by atomic mass is 79.9. The van der Waals surface area contributed by atoms with Gasteiger partial charge in [0.2, 0.25) is 5.78 Å². The molecule has 2 nitrogen and oxygen atoms in total. The lowest BCUT2D eigenvalue weighted by Crippen LogP contribution is -1.98. The Hall–Kier alpha value is -1.70. The number of hydrogen-bond donors (Lipinski definition) is 0. The fourth-order valence-corrected chi connectivity index (χ4v) is 2.55. The molecule has 1 heterocycles. The Bertz CT molecular complexity index is 638. The van der Waals surface area contributed by atoms with Gasteiger partial charge in [0.1, 0.15) is 11.6 Å². The van der Waals surface area contributed by atoms with Gasteiger partial charge in [-0.15, -0.1) is 11.3 Å². The van der Waals surface area contributed by atoms with Crippen LogP contribution in [0.2, 0.25) is 0 Å². The maximum Gasteiger partial charge on any atom is 0.213 e. The van der Waals surface area contributed by atoms with Gasteiger partial charge in [0.15, 0.2) is 0 Å². The highest BCUT2D eigenvalue weighted by molar-refractivity contribution is 9.10.